The summed E-state index contributed by atoms with van der Waals surface area (Å²) in [5.74, 6) is 0. The average molecular weight is 372 g/mol. The molecule has 0 aliphatic carbocycles. The number of fused-ring (bicyclic) bond motifs is 1. The second-order valence-corrected chi connectivity index (χ2v) is 8.11. The summed E-state index contributed by atoms with van der Waals surface area (Å²) in [6.07, 6.45) is 0.982. The summed E-state index contributed by atoms with van der Waals surface area (Å²) in [6.45, 7) is 3.67. The maximum atomic E-state index is 14.9. The van der Waals surface area contributed by atoms with E-state index in [9.17, 15) is 12.8 Å². The summed E-state index contributed by atoms with van der Waals surface area (Å²) in [5.41, 5.74) is 0.989. The van der Waals surface area contributed by atoms with Crippen LogP contribution in [-0.4, -0.2) is 29.0 Å². The number of H-pyrrole nitrogens is 1. The largest absolute Gasteiger partial charge is 0.279 e. The molecule has 3 atom stereocenters. The topological polar surface area (TPSA) is 66.1 Å². The first kappa shape index (κ1) is 17.4. The number of nitrogens with one attached hydrogen (secondary N) is 1. The van der Waals surface area contributed by atoms with Gasteiger partial charge in [-0.15, -0.1) is 0 Å². The molecule has 1 aromatic heterocycles. The fraction of sp³-hybridized carbons (Fsp3) is 0.438. The lowest BCUT2D eigenvalue weighted by atomic mass is 9.92. The van der Waals surface area contributed by atoms with E-state index in [1.165, 1.54) is 34.8 Å². The Bertz CT molecular complexity index is 822. The average Bonchev–Trinajstić information content (AvgIpc) is 3.05. The smallest absolute Gasteiger partial charge is 0.243 e. The van der Waals surface area contributed by atoms with Crippen LogP contribution in [0.15, 0.2) is 35.4 Å². The van der Waals surface area contributed by atoms with Gasteiger partial charge in [-0.2, -0.15) is 9.40 Å². The Morgan fingerprint density at radius 3 is 2.50 bits per heavy atom. The maximum absolute atomic E-state index is 14.9. The van der Waals surface area contributed by atoms with Gasteiger partial charge in [0.2, 0.25) is 10.0 Å². The second-order valence-electron chi connectivity index (χ2n) is 5.83. The van der Waals surface area contributed by atoms with Crippen LogP contribution in [0.3, 0.4) is 0 Å². The highest BCUT2D eigenvalue weighted by atomic mass is 35.5. The molecular weight excluding hydrogens is 353 g/mol. The number of aromatic nitrogens is 2. The molecule has 8 heteroatoms. The normalized spacial score (nSPS) is 24.8. The number of aromatic amines is 1. The molecule has 2 heterocycles. The van der Waals surface area contributed by atoms with Crippen LogP contribution in [-0.2, 0) is 10.0 Å². The van der Waals surface area contributed by atoms with Gasteiger partial charge in [0.05, 0.1) is 28.9 Å². The standard InChI is InChI=1S/C16H19ClFN3O2S/c1-3-13-12-9-19-20-16(12)15(18)14(4-2)21(13)24(22,23)11-7-5-10(17)6-8-11/h5-9,13-15H,3-4H2,1-2H3,(H,19,20). The molecule has 130 valence electrons. The number of sulfonamides is 1. The van der Waals surface area contributed by atoms with Gasteiger partial charge in [0.15, 0.2) is 6.17 Å². The summed E-state index contributed by atoms with van der Waals surface area (Å²) >= 11 is 5.85. The van der Waals surface area contributed by atoms with Crippen LogP contribution in [0.5, 0.6) is 0 Å². The Kier molecular flexibility index (Phi) is 4.68. The van der Waals surface area contributed by atoms with E-state index in [0.29, 0.717) is 29.1 Å². The van der Waals surface area contributed by atoms with Gasteiger partial charge in [-0.05, 0) is 37.1 Å². The highest BCUT2D eigenvalue weighted by Crippen LogP contribution is 2.45. The Balaban J connectivity index is 2.14. The Labute approximate surface area is 145 Å². The van der Waals surface area contributed by atoms with Crippen molar-refractivity contribution in [2.24, 2.45) is 0 Å². The number of halogens is 2. The number of alkyl halides is 1. The fourth-order valence-electron chi connectivity index (χ4n) is 3.34. The highest BCUT2D eigenvalue weighted by Gasteiger charge is 2.47. The Hall–Kier alpha value is -1.44. The van der Waals surface area contributed by atoms with Crippen molar-refractivity contribution in [2.45, 2.75) is 49.8 Å². The first-order valence-electron chi connectivity index (χ1n) is 7.88. The van der Waals surface area contributed by atoms with Gasteiger partial charge >= 0.3 is 0 Å². The molecule has 3 unspecified atom stereocenters. The van der Waals surface area contributed by atoms with Gasteiger partial charge in [-0.1, -0.05) is 25.4 Å². The minimum Gasteiger partial charge on any atom is -0.279 e. The minimum absolute atomic E-state index is 0.114. The van der Waals surface area contributed by atoms with Crippen LogP contribution in [0.4, 0.5) is 4.39 Å². The molecular formula is C16H19ClFN3O2S. The van der Waals surface area contributed by atoms with Gasteiger partial charge in [-0.25, -0.2) is 12.8 Å². The predicted molar refractivity (Wildman–Crippen MR) is 90.0 cm³/mol. The SMILES string of the molecule is CCC1c2cn[nH]c2C(F)C(CC)N1S(=O)(=O)c1ccc(Cl)cc1. The summed E-state index contributed by atoms with van der Waals surface area (Å²) in [6, 6.07) is 4.73. The number of rotatable bonds is 4. The first-order chi connectivity index (χ1) is 11.4. The quantitative estimate of drug-likeness (QED) is 0.883. The van der Waals surface area contributed by atoms with Crippen LogP contribution in [0.1, 0.15) is 50.2 Å². The molecule has 0 saturated carbocycles. The van der Waals surface area contributed by atoms with E-state index in [0.717, 1.165) is 0 Å². The van der Waals surface area contributed by atoms with Crippen LogP contribution >= 0.6 is 11.6 Å². The zero-order chi connectivity index (χ0) is 17.5. The Morgan fingerprint density at radius 2 is 1.92 bits per heavy atom. The van der Waals surface area contributed by atoms with Crippen molar-refractivity contribution in [1.82, 2.24) is 14.5 Å². The van der Waals surface area contributed by atoms with Crippen molar-refractivity contribution in [2.75, 3.05) is 0 Å². The molecule has 24 heavy (non-hydrogen) atoms. The van der Waals surface area contributed by atoms with Crippen molar-refractivity contribution >= 4 is 21.6 Å². The van der Waals surface area contributed by atoms with Crippen LogP contribution < -0.4 is 0 Å². The molecule has 0 saturated heterocycles. The molecule has 0 amide bonds. The van der Waals surface area contributed by atoms with E-state index in [1.54, 1.807) is 6.92 Å². The van der Waals surface area contributed by atoms with Crippen molar-refractivity contribution in [1.29, 1.82) is 0 Å². The Morgan fingerprint density at radius 1 is 1.25 bits per heavy atom. The summed E-state index contributed by atoms with van der Waals surface area (Å²) in [7, 11) is -3.86. The van der Waals surface area contributed by atoms with Gasteiger partial charge in [-0.3, -0.25) is 5.10 Å². The van der Waals surface area contributed by atoms with E-state index < -0.39 is 28.3 Å². The van der Waals surface area contributed by atoms with Crippen molar-refractivity contribution in [3.8, 4) is 0 Å². The summed E-state index contributed by atoms with van der Waals surface area (Å²) in [4.78, 5) is 0.114. The molecule has 1 aliphatic heterocycles. The van der Waals surface area contributed by atoms with Crippen LogP contribution in [0.2, 0.25) is 5.02 Å². The van der Waals surface area contributed by atoms with E-state index >= 15 is 0 Å². The van der Waals surface area contributed by atoms with Gasteiger partial charge in [0.25, 0.3) is 0 Å². The van der Waals surface area contributed by atoms with Crippen LogP contribution in [0.25, 0.3) is 0 Å². The third-order valence-electron chi connectivity index (χ3n) is 4.50. The third-order valence-corrected chi connectivity index (χ3v) is 6.70. The molecule has 0 spiro atoms. The van der Waals surface area contributed by atoms with Crippen molar-refractivity contribution in [3.63, 3.8) is 0 Å². The van der Waals surface area contributed by atoms with Gasteiger partial charge in [0.1, 0.15) is 0 Å². The second kappa shape index (κ2) is 6.46. The van der Waals surface area contributed by atoms with Crippen LogP contribution in [0, 0.1) is 0 Å². The van der Waals surface area contributed by atoms with E-state index in [-0.39, 0.29) is 4.90 Å². The van der Waals surface area contributed by atoms with E-state index in [1.807, 2.05) is 6.92 Å². The van der Waals surface area contributed by atoms with Gasteiger partial charge in [0, 0.05) is 10.6 Å². The number of hydrogen-bond donors (Lipinski definition) is 1. The molecule has 0 bridgehead atoms. The number of hydrogen-bond acceptors (Lipinski definition) is 3. The number of benzene rings is 1. The summed E-state index contributed by atoms with van der Waals surface area (Å²) in [5, 5.41) is 7.06. The monoisotopic (exact) mass is 371 g/mol. The summed E-state index contributed by atoms with van der Waals surface area (Å²) < 4.78 is 42.7. The molecule has 1 aromatic carbocycles. The fourth-order valence-corrected chi connectivity index (χ4v) is 5.40. The van der Waals surface area contributed by atoms with Crippen molar-refractivity contribution in [3.05, 3.63) is 46.7 Å². The minimum atomic E-state index is -3.86. The lowest BCUT2D eigenvalue weighted by molar-refractivity contribution is 0.116. The molecule has 1 N–H and O–H groups in total. The maximum Gasteiger partial charge on any atom is 0.243 e. The molecule has 0 fully saturated rings. The molecule has 5 nitrogen and oxygen atoms in total. The molecule has 3 rings (SSSR count). The van der Waals surface area contributed by atoms with Crippen molar-refractivity contribution < 1.29 is 12.8 Å². The predicted octanol–water partition coefficient (Wildman–Crippen LogP) is 4.01. The molecule has 0 radical (unpaired) electrons. The third kappa shape index (κ3) is 2.64. The van der Waals surface area contributed by atoms with Gasteiger partial charge < -0.3 is 0 Å². The molecule has 2 aromatic rings. The highest BCUT2D eigenvalue weighted by molar-refractivity contribution is 7.89. The zero-order valence-corrected chi connectivity index (χ0v) is 15.0. The lowest BCUT2D eigenvalue weighted by Gasteiger charge is -2.41. The van der Waals surface area contributed by atoms with E-state index in [2.05, 4.69) is 10.2 Å². The lowest BCUT2D eigenvalue weighted by Crippen LogP contribution is -2.48. The zero-order valence-electron chi connectivity index (χ0n) is 13.4. The van der Waals surface area contributed by atoms with E-state index in [4.69, 9.17) is 11.6 Å². The first-order valence-corrected chi connectivity index (χ1v) is 9.69. The molecule has 1 aliphatic rings. The number of nitrogens with zero attached hydrogens (tertiary/aromatic N) is 2.